The van der Waals surface area contributed by atoms with Gasteiger partial charge in [0.25, 0.3) is 0 Å². The topological polar surface area (TPSA) is 17.4 Å². The molecule has 1 saturated heterocycles. The second-order valence-electron chi connectivity index (χ2n) is 5.56. The molecule has 0 radical (unpaired) electrons. The first-order valence-corrected chi connectivity index (χ1v) is 7.13. The molecule has 102 valence electrons. The first-order valence-electron chi connectivity index (χ1n) is 7.13. The number of para-hydroxylation sites is 1. The van der Waals surface area contributed by atoms with Crippen molar-refractivity contribution < 1.29 is 4.74 Å². The predicted octanol–water partition coefficient (Wildman–Crippen LogP) is 2.61. The summed E-state index contributed by atoms with van der Waals surface area (Å²) in [6.45, 7) is 5.18. The van der Waals surface area contributed by atoms with Crippen molar-refractivity contribution in [3.8, 4) is 0 Å². The molecule has 0 N–H and O–H groups in total. The van der Waals surface area contributed by atoms with Gasteiger partial charge in [-0.15, -0.1) is 0 Å². The number of rotatable bonds is 5. The summed E-state index contributed by atoms with van der Waals surface area (Å²) in [6.07, 6.45) is 3.41. The Balaban J connectivity index is 1.56. The number of ether oxygens (including phenoxy) is 1. The highest BCUT2D eigenvalue weighted by Crippen LogP contribution is 2.16. The van der Waals surface area contributed by atoms with E-state index in [0.29, 0.717) is 0 Å². The smallest absolute Gasteiger partial charge is 0.0507 e. The van der Waals surface area contributed by atoms with Crippen molar-refractivity contribution in [2.45, 2.75) is 13.0 Å². The fourth-order valence-corrected chi connectivity index (χ4v) is 2.87. The highest BCUT2D eigenvalue weighted by molar-refractivity contribution is 5.79. The summed E-state index contributed by atoms with van der Waals surface area (Å²) in [4.78, 5) is 2.42. The fourth-order valence-electron chi connectivity index (χ4n) is 2.87. The van der Waals surface area contributed by atoms with E-state index in [1.165, 1.54) is 17.3 Å². The molecular weight excluding hydrogens is 236 g/mol. The lowest BCUT2D eigenvalue weighted by Crippen LogP contribution is -2.29. The van der Waals surface area contributed by atoms with Crippen molar-refractivity contribution in [2.24, 2.45) is 5.92 Å². The zero-order valence-corrected chi connectivity index (χ0v) is 11.6. The third kappa shape index (κ3) is 2.99. The van der Waals surface area contributed by atoms with E-state index in [-0.39, 0.29) is 0 Å². The highest BCUT2D eigenvalue weighted by atomic mass is 16.5. The largest absolute Gasteiger partial charge is 0.381 e. The molecule has 0 spiro atoms. The minimum atomic E-state index is 0.728. The molecule has 0 saturated carbocycles. The second kappa shape index (κ2) is 5.76. The third-order valence-corrected chi connectivity index (χ3v) is 4.00. The van der Waals surface area contributed by atoms with Crippen LogP contribution in [0.25, 0.3) is 10.9 Å². The standard InChI is InChI=1S/C16H22N2O/c1-17(12-14-7-11-19-13-14)9-10-18-8-6-15-4-2-3-5-16(15)18/h2-6,8,14H,7,9-13H2,1H3/t14-/m0/s1. The van der Waals surface area contributed by atoms with Crippen LogP contribution in [0, 0.1) is 5.92 Å². The van der Waals surface area contributed by atoms with Crippen LogP contribution < -0.4 is 0 Å². The number of nitrogens with zero attached hydrogens (tertiary/aromatic N) is 2. The Kier molecular flexibility index (Phi) is 3.85. The van der Waals surface area contributed by atoms with Crippen molar-refractivity contribution in [3.63, 3.8) is 0 Å². The molecule has 1 fully saturated rings. The number of hydrogen-bond acceptors (Lipinski definition) is 2. The molecular formula is C16H22N2O. The van der Waals surface area contributed by atoms with E-state index in [9.17, 15) is 0 Å². The van der Waals surface area contributed by atoms with Crippen molar-refractivity contribution in [1.29, 1.82) is 0 Å². The molecule has 1 atom stereocenters. The van der Waals surface area contributed by atoms with Crippen LogP contribution in [0.15, 0.2) is 36.5 Å². The average molecular weight is 258 g/mol. The number of hydrogen-bond donors (Lipinski definition) is 0. The molecule has 1 aromatic heterocycles. The van der Waals surface area contributed by atoms with Gasteiger partial charge >= 0.3 is 0 Å². The molecule has 0 unspecified atom stereocenters. The Bertz CT molecular complexity index is 528. The normalized spacial score (nSPS) is 19.6. The van der Waals surface area contributed by atoms with E-state index in [1.54, 1.807) is 0 Å². The number of aromatic nitrogens is 1. The van der Waals surface area contributed by atoms with Crippen LogP contribution in [0.2, 0.25) is 0 Å². The van der Waals surface area contributed by atoms with Gasteiger partial charge in [-0.3, -0.25) is 0 Å². The summed E-state index contributed by atoms with van der Waals surface area (Å²) in [7, 11) is 2.21. The maximum atomic E-state index is 5.43. The Morgan fingerprint density at radius 2 is 2.21 bits per heavy atom. The quantitative estimate of drug-likeness (QED) is 0.820. The van der Waals surface area contributed by atoms with Gasteiger partial charge < -0.3 is 14.2 Å². The number of likely N-dealkylation sites (N-methyl/N-ethyl adjacent to an activating group) is 1. The molecule has 1 aromatic carbocycles. The van der Waals surface area contributed by atoms with Gasteiger partial charge in [0, 0.05) is 38.0 Å². The van der Waals surface area contributed by atoms with Gasteiger partial charge in [-0.1, -0.05) is 18.2 Å². The molecule has 3 rings (SSSR count). The molecule has 1 aliphatic rings. The Labute approximate surface area is 114 Å². The summed E-state index contributed by atoms with van der Waals surface area (Å²) < 4.78 is 7.78. The lowest BCUT2D eigenvalue weighted by atomic mass is 10.1. The van der Waals surface area contributed by atoms with E-state index in [4.69, 9.17) is 4.74 Å². The molecule has 0 aliphatic carbocycles. The van der Waals surface area contributed by atoms with Gasteiger partial charge in [-0.05, 0) is 36.9 Å². The summed E-state index contributed by atoms with van der Waals surface area (Å²) >= 11 is 0. The van der Waals surface area contributed by atoms with Gasteiger partial charge in [0.1, 0.15) is 0 Å². The number of fused-ring (bicyclic) bond motifs is 1. The monoisotopic (exact) mass is 258 g/mol. The van der Waals surface area contributed by atoms with Gasteiger partial charge in [-0.2, -0.15) is 0 Å². The minimum absolute atomic E-state index is 0.728. The Morgan fingerprint density at radius 3 is 3.05 bits per heavy atom. The molecule has 1 aliphatic heterocycles. The molecule has 3 nitrogen and oxygen atoms in total. The second-order valence-corrected chi connectivity index (χ2v) is 5.56. The molecule has 3 heteroatoms. The maximum Gasteiger partial charge on any atom is 0.0507 e. The molecule has 19 heavy (non-hydrogen) atoms. The molecule has 0 amide bonds. The number of benzene rings is 1. The zero-order chi connectivity index (χ0) is 13.1. The van der Waals surface area contributed by atoms with Crippen molar-refractivity contribution >= 4 is 10.9 Å². The SMILES string of the molecule is CN(CCn1ccc2ccccc21)C[C@@H]1CCOC1. The molecule has 2 heterocycles. The summed E-state index contributed by atoms with van der Waals surface area (Å²) in [5.74, 6) is 0.728. The maximum absolute atomic E-state index is 5.43. The van der Waals surface area contributed by atoms with Crippen LogP contribution in [-0.4, -0.2) is 42.8 Å². The van der Waals surface area contributed by atoms with Gasteiger partial charge in [-0.25, -0.2) is 0 Å². The van der Waals surface area contributed by atoms with Crippen molar-refractivity contribution in [3.05, 3.63) is 36.5 Å². The Hall–Kier alpha value is -1.32. The average Bonchev–Trinajstić information content (AvgIpc) is 3.05. The van der Waals surface area contributed by atoms with Crippen LogP contribution in [0.1, 0.15) is 6.42 Å². The molecule has 0 bridgehead atoms. The lowest BCUT2D eigenvalue weighted by Gasteiger charge is -2.20. The van der Waals surface area contributed by atoms with E-state index in [1.807, 2.05) is 0 Å². The Morgan fingerprint density at radius 1 is 1.32 bits per heavy atom. The van der Waals surface area contributed by atoms with Gasteiger partial charge in [0.05, 0.1) is 6.61 Å². The first kappa shape index (κ1) is 12.7. The fraction of sp³-hybridized carbons (Fsp3) is 0.500. The summed E-state index contributed by atoms with van der Waals surface area (Å²) in [6, 6.07) is 10.8. The van der Waals surface area contributed by atoms with Gasteiger partial charge in [0.2, 0.25) is 0 Å². The summed E-state index contributed by atoms with van der Waals surface area (Å²) in [5.41, 5.74) is 1.33. The van der Waals surface area contributed by atoms with Crippen LogP contribution in [0.3, 0.4) is 0 Å². The summed E-state index contributed by atoms with van der Waals surface area (Å²) in [5, 5.41) is 1.33. The first-order chi connectivity index (χ1) is 9.33. The molecule has 2 aromatic rings. The highest BCUT2D eigenvalue weighted by Gasteiger charge is 2.17. The predicted molar refractivity (Wildman–Crippen MR) is 78.4 cm³/mol. The van der Waals surface area contributed by atoms with Crippen LogP contribution in [-0.2, 0) is 11.3 Å². The zero-order valence-electron chi connectivity index (χ0n) is 11.6. The van der Waals surface area contributed by atoms with Crippen LogP contribution in [0.5, 0.6) is 0 Å². The van der Waals surface area contributed by atoms with Crippen molar-refractivity contribution in [1.82, 2.24) is 9.47 Å². The van der Waals surface area contributed by atoms with E-state index >= 15 is 0 Å². The van der Waals surface area contributed by atoms with E-state index < -0.39 is 0 Å². The van der Waals surface area contributed by atoms with Crippen molar-refractivity contribution in [2.75, 3.05) is 33.4 Å². The third-order valence-electron chi connectivity index (χ3n) is 4.00. The van der Waals surface area contributed by atoms with Crippen LogP contribution >= 0.6 is 0 Å². The minimum Gasteiger partial charge on any atom is -0.381 e. The lowest BCUT2D eigenvalue weighted by molar-refractivity contribution is 0.173. The van der Waals surface area contributed by atoms with E-state index in [2.05, 4.69) is 53.0 Å². The van der Waals surface area contributed by atoms with E-state index in [0.717, 1.165) is 38.8 Å². The van der Waals surface area contributed by atoms with Crippen LogP contribution in [0.4, 0.5) is 0 Å². The van der Waals surface area contributed by atoms with Gasteiger partial charge in [0.15, 0.2) is 0 Å².